The predicted molar refractivity (Wildman–Crippen MR) is 71.5 cm³/mol. The van der Waals surface area contributed by atoms with Crippen molar-refractivity contribution in [2.45, 2.75) is 51.4 Å². The Labute approximate surface area is 114 Å². The molecule has 0 atom stereocenters. The number of rotatable bonds is 5. The first kappa shape index (κ1) is 12.8. The number of esters is 1. The van der Waals surface area contributed by atoms with Gasteiger partial charge in [-0.15, -0.1) is 11.6 Å². The van der Waals surface area contributed by atoms with Crippen LogP contribution in [0.25, 0.3) is 0 Å². The average Bonchev–Trinajstić information content (AvgIpc) is 2.26. The summed E-state index contributed by atoms with van der Waals surface area (Å²) in [5.74, 6) is 3.19. The van der Waals surface area contributed by atoms with Crippen LogP contribution in [0, 0.1) is 23.2 Å². The van der Waals surface area contributed by atoms with Crippen LogP contribution in [-0.4, -0.2) is 18.5 Å². The smallest absolute Gasteiger partial charge is 0.306 e. The van der Waals surface area contributed by atoms with Crippen LogP contribution < -0.4 is 0 Å². The number of alkyl halides is 1. The van der Waals surface area contributed by atoms with E-state index in [0.717, 1.165) is 24.2 Å². The highest BCUT2D eigenvalue weighted by atomic mass is 35.5. The summed E-state index contributed by atoms with van der Waals surface area (Å²) in [6.07, 6.45) is 10.1. The molecule has 0 heterocycles. The molecule has 0 N–H and O–H groups in total. The maximum atomic E-state index is 11.3. The summed E-state index contributed by atoms with van der Waals surface area (Å²) < 4.78 is 5.30. The minimum atomic E-state index is -0.130. The zero-order valence-electron chi connectivity index (χ0n) is 11.0. The molecule has 3 heteroatoms. The Hall–Kier alpha value is -0.240. The van der Waals surface area contributed by atoms with Gasteiger partial charge in [0.05, 0.1) is 13.0 Å². The number of ether oxygens (including phenoxy) is 1. The SMILES string of the molecule is O=C(CCCl)OCCC12CC3CC(CC(C3)C1)C2. The van der Waals surface area contributed by atoms with Crippen molar-refractivity contribution < 1.29 is 9.53 Å². The molecule has 0 saturated heterocycles. The van der Waals surface area contributed by atoms with Crippen LogP contribution >= 0.6 is 11.6 Å². The molecule has 0 amide bonds. The van der Waals surface area contributed by atoms with Crippen molar-refractivity contribution in [3.63, 3.8) is 0 Å². The number of carbonyl (C=O) groups excluding carboxylic acids is 1. The quantitative estimate of drug-likeness (QED) is 0.562. The second kappa shape index (κ2) is 5.03. The monoisotopic (exact) mass is 270 g/mol. The van der Waals surface area contributed by atoms with Crippen molar-refractivity contribution in [2.24, 2.45) is 23.2 Å². The van der Waals surface area contributed by atoms with E-state index in [2.05, 4.69) is 0 Å². The fourth-order valence-corrected chi connectivity index (χ4v) is 5.28. The van der Waals surface area contributed by atoms with Crippen molar-refractivity contribution in [3.05, 3.63) is 0 Å². The van der Waals surface area contributed by atoms with E-state index >= 15 is 0 Å². The Balaban J connectivity index is 1.51. The van der Waals surface area contributed by atoms with E-state index in [9.17, 15) is 4.79 Å². The van der Waals surface area contributed by atoms with Crippen LogP contribution in [0.2, 0.25) is 0 Å². The first-order valence-electron chi connectivity index (χ1n) is 7.41. The summed E-state index contributed by atoms with van der Waals surface area (Å²) in [6, 6.07) is 0. The second-order valence-corrected chi connectivity index (χ2v) is 7.20. The van der Waals surface area contributed by atoms with Gasteiger partial charge in [-0.05, 0) is 68.1 Å². The lowest BCUT2D eigenvalue weighted by Gasteiger charge is -2.57. The largest absolute Gasteiger partial charge is 0.466 e. The second-order valence-electron chi connectivity index (χ2n) is 6.83. The lowest BCUT2D eigenvalue weighted by atomic mass is 9.49. The van der Waals surface area contributed by atoms with E-state index in [1.807, 2.05) is 0 Å². The Morgan fingerprint density at radius 1 is 1.11 bits per heavy atom. The van der Waals surface area contributed by atoms with Crippen molar-refractivity contribution in [3.8, 4) is 0 Å². The molecule has 4 fully saturated rings. The first-order chi connectivity index (χ1) is 8.69. The molecule has 0 unspecified atom stereocenters. The summed E-state index contributed by atoms with van der Waals surface area (Å²) in [5.41, 5.74) is 0.524. The molecule has 18 heavy (non-hydrogen) atoms. The maximum Gasteiger partial charge on any atom is 0.306 e. The van der Waals surface area contributed by atoms with Crippen LogP contribution in [0.1, 0.15) is 51.4 Å². The Kier molecular flexibility index (Phi) is 3.57. The Bertz CT molecular complexity index is 291. The molecule has 4 saturated carbocycles. The minimum Gasteiger partial charge on any atom is -0.466 e. The van der Waals surface area contributed by atoms with Gasteiger partial charge in [0.25, 0.3) is 0 Å². The van der Waals surface area contributed by atoms with E-state index in [1.54, 1.807) is 0 Å². The molecule has 4 rings (SSSR count). The zero-order valence-corrected chi connectivity index (χ0v) is 11.8. The van der Waals surface area contributed by atoms with E-state index in [1.165, 1.54) is 38.5 Å². The summed E-state index contributed by atoms with van der Waals surface area (Å²) in [5, 5.41) is 0. The van der Waals surface area contributed by atoms with Gasteiger partial charge in [-0.3, -0.25) is 4.79 Å². The molecule has 102 valence electrons. The van der Waals surface area contributed by atoms with Gasteiger partial charge in [-0.1, -0.05) is 0 Å². The van der Waals surface area contributed by atoms with Crippen LogP contribution in [0.5, 0.6) is 0 Å². The third-order valence-corrected chi connectivity index (χ3v) is 5.55. The molecular formula is C15H23ClO2. The standard InChI is InChI=1S/C15H23ClO2/c16-3-1-14(17)18-4-2-15-8-11-5-12(9-15)7-13(6-11)10-15/h11-13H,1-10H2. The number of halogens is 1. The number of carbonyl (C=O) groups is 1. The van der Waals surface area contributed by atoms with E-state index in [0.29, 0.717) is 24.3 Å². The van der Waals surface area contributed by atoms with E-state index in [-0.39, 0.29) is 5.97 Å². The summed E-state index contributed by atoms with van der Waals surface area (Å²) >= 11 is 5.53. The van der Waals surface area contributed by atoms with Crippen molar-refractivity contribution in [2.75, 3.05) is 12.5 Å². The summed E-state index contributed by atoms with van der Waals surface area (Å²) in [4.78, 5) is 11.3. The fourth-order valence-electron chi connectivity index (χ4n) is 5.13. The van der Waals surface area contributed by atoms with Gasteiger partial charge in [0.2, 0.25) is 0 Å². The highest BCUT2D eigenvalue weighted by molar-refractivity contribution is 6.18. The normalized spacial score (nSPS) is 41.1. The van der Waals surface area contributed by atoms with Gasteiger partial charge in [-0.2, -0.15) is 0 Å². The average molecular weight is 271 g/mol. The van der Waals surface area contributed by atoms with Gasteiger partial charge in [0, 0.05) is 5.88 Å². The van der Waals surface area contributed by atoms with Crippen LogP contribution in [0.4, 0.5) is 0 Å². The number of hydrogen-bond donors (Lipinski definition) is 0. The third-order valence-electron chi connectivity index (χ3n) is 5.36. The van der Waals surface area contributed by atoms with Gasteiger partial charge in [0.1, 0.15) is 0 Å². The van der Waals surface area contributed by atoms with Crippen molar-refractivity contribution >= 4 is 17.6 Å². The van der Waals surface area contributed by atoms with Gasteiger partial charge in [-0.25, -0.2) is 0 Å². The molecule has 0 aromatic rings. The molecular weight excluding hydrogens is 248 g/mol. The van der Waals surface area contributed by atoms with Crippen LogP contribution in [-0.2, 0) is 9.53 Å². The lowest BCUT2D eigenvalue weighted by molar-refractivity contribution is -0.145. The van der Waals surface area contributed by atoms with Crippen LogP contribution in [0.3, 0.4) is 0 Å². The Morgan fingerprint density at radius 2 is 1.67 bits per heavy atom. The molecule has 0 spiro atoms. The first-order valence-corrected chi connectivity index (χ1v) is 7.94. The number of hydrogen-bond acceptors (Lipinski definition) is 2. The van der Waals surface area contributed by atoms with Crippen LogP contribution in [0.15, 0.2) is 0 Å². The molecule has 0 aromatic carbocycles. The maximum absolute atomic E-state index is 11.3. The van der Waals surface area contributed by atoms with Gasteiger partial charge in [0.15, 0.2) is 0 Å². The highest BCUT2D eigenvalue weighted by Crippen LogP contribution is 2.61. The van der Waals surface area contributed by atoms with Gasteiger partial charge < -0.3 is 4.74 Å². The van der Waals surface area contributed by atoms with Crippen molar-refractivity contribution in [1.82, 2.24) is 0 Å². The summed E-state index contributed by atoms with van der Waals surface area (Å²) in [6.45, 7) is 0.613. The fraction of sp³-hybridized carbons (Fsp3) is 0.933. The molecule has 0 aliphatic heterocycles. The molecule has 4 aliphatic carbocycles. The lowest BCUT2D eigenvalue weighted by Crippen LogP contribution is -2.46. The molecule has 4 aliphatic rings. The van der Waals surface area contributed by atoms with Crippen molar-refractivity contribution in [1.29, 1.82) is 0 Å². The summed E-state index contributed by atoms with van der Waals surface area (Å²) in [7, 11) is 0. The molecule has 4 bridgehead atoms. The molecule has 0 aromatic heterocycles. The Morgan fingerprint density at radius 3 is 2.17 bits per heavy atom. The zero-order chi connectivity index (χ0) is 12.6. The predicted octanol–water partition coefficient (Wildman–Crippen LogP) is 3.77. The van der Waals surface area contributed by atoms with Gasteiger partial charge >= 0.3 is 5.97 Å². The third kappa shape index (κ3) is 2.54. The molecule has 0 radical (unpaired) electrons. The van der Waals surface area contributed by atoms with E-state index < -0.39 is 0 Å². The molecule has 2 nitrogen and oxygen atoms in total. The minimum absolute atomic E-state index is 0.130. The topological polar surface area (TPSA) is 26.3 Å². The van der Waals surface area contributed by atoms with E-state index in [4.69, 9.17) is 16.3 Å². The highest BCUT2D eigenvalue weighted by Gasteiger charge is 2.50.